The van der Waals surface area contributed by atoms with E-state index in [0.29, 0.717) is 12.5 Å². The molecule has 1 aromatic heterocycles. The highest BCUT2D eigenvalue weighted by Crippen LogP contribution is 2.20. The van der Waals surface area contributed by atoms with Crippen LogP contribution in [-0.4, -0.2) is 28.5 Å². The van der Waals surface area contributed by atoms with Crippen LogP contribution in [0.5, 0.6) is 0 Å². The Hall–Kier alpha value is -2.34. The van der Waals surface area contributed by atoms with Gasteiger partial charge in [-0.2, -0.15) is 0 Å². The Morgan fingerprint density at radius 3 is 2.57 bits per heavy atom. The zero-order valence-electron chi connectivity index (χ0n) is 17.0. The van der Waals surface area contributed by atoms with E-state index in [9.17, 15) is 4.79 Å². The zero-order valence-corrected chi connectivity index (χ0v) is 18.6. The number of para-hydroxylation sites is 1. The molecular weight excluding hydrogens is 419 g/mol. The van der Waals surface area contributed by atoms with Gasteiger partial charge < -0.3 is 15.2 Å². The fraction of sp³-hybridized carbons (Fsp3) is 0.304. The Labute approximate surface area is 190 Å². The quantitative estimate of drug-likeness (QED) is 0.598. The molecule has 3 aromatic rings. The van der Waals surface area contributed by atoms with Crippen molar-refractivity contribution in [1.29, 1.82) is 0 Å². The number of halogens is 2. The standard InChI is InChI=1S/C23H26N4O.2ClH/c1-17-25-12-13-27(17)22-9-5-3-7-20(22)16-26-23(28)21-8-4-2-6-19(21)14-18-10-11-24-15-18;;/h2-9,12-13,18,24H,10-11,14-16H2,1H3,(H,26,28);2*1H. The Bertz CT molecular complexity index is 967. The summed E-state index contributed by atoms with van der Waals surface area (Å²) in [5.74, 6) is 1.52. The lowest BCUT2D eigenvalue weighted by molar-refractivity contribution is 0.0950. The molecule has 2 N–H and O–H groups in total. The number of rotatable bonds is 6. The monoisotopic (exact) mass is 446 g/mol. The molecule has 1 aliphatic rings. The van der Waals surface area contributed by atoms with E-state index in [1.807, 2.05) is 54.1 Å². The number of hydrogen-bond acceptors (Lipinski definition) is 3. The molecule has 0 spiro atoms. The summed E-state index contributed by atoms with van der Waals surface area (Å²) in [5, 5.41) is 6.52. The van der Waals surface area contributed by atoms with Crippen LogP contribution in [0.3, 0.4) is 0 Å². The van der Waals surface area contributed by atoms with Gasteiger partial charge in [-0.25, -0.2) is 4.98 Å². The number of imidazole rings is 1. The molecule has 1 atom stereocenters. The number of nitrogens with one attached hydrogen (secondary N) is 2. The molecule has 2 heterocycles. The van der Waals surface area contributed by atoms with Crippen molar-refractivity contribution in [3.63, 3.8) is 0 Å². The van der Waals surface area contributed by atoms with Crippen LogP contribution in [0.25, 0.3) is 5.69 Å². The lowest BCUT2D eigenvalue weighted by Crippen LogP contribution is -2.25. The zero-order chi connectivity index (χ0) is 19.3. The van der Waals surface area contributed by atoms with Gasteiger partial charge in [0.05, 0.1) is 5.69 Å². The van der Waals surface area contributed by atoms with Gasteiger partial charge in [-0.3, -0.25) is 4.79 Å². The largest absolute Gasteiger partial charge is 0.348 e. The second-order valence-corrected chi connectivity index (χ2v) is 7.38. The molecule has 160 valence electrons. The van der Waals surface area contributed by atoms with Crippen molar-refractivity contribution in [3.05, 3.63) is 83.4 Å². The Morgan fingerprint density at radius 2 is 1.87 bits per heavy atom. The van der Waals surface area contributed by atoms with E-state index in [2.05, 4.69) is 27.8 Å². The smallest absolute Gasteiger partial charge is 0.251 e. The minimum absolute atomic E-state index is 0. The first kappa shape index (κ1) is 23.9. The summed E-state index contributed by atoms with van der Waals surface area (Å²) in [7, 11) is 0. The van der Waals surface area contributed by atoms with Gasteiger partial charge in [-0.1, -0.05) is 36.4 Å². The predicted molar refractivity (Wildman–Crippen MR) is 125 cm³/mol. The molecule has 1 unspecified atom stereocenters. The number of nitrogens with zero attached hydrogens (tertiary/aromatic N) is 2. The van der Waals surface area contributed by atoms with Gasteiger partial charge in [0.15, 0.2) is 0 Å². The average Bonchev–Trinajstić information content (AvgIpc) is 3.38. The number of carbonyl (C=O) groups is 1. The maximum Gasteiger partial charge on any atom is 0.251 e. The van der Waals surface area contributed by atoms with Crippen molar-refractivity contribution < 1.29 is 4.79 Å². The highest BCUT2D eigenvalue weighted by atomic mass is 35.5. The van der Waals surface area contributed by atoms with Gasteiger partial charge in [0.25, 0.3) is 5.91 Å². The van der Waals surface area contributed by atoms with Crippen molar-refractivity contribution in [2.75, 3.05) is 13.1 Å². The fourth-order valence-corrected chi connectivity index (χ4v) is 3.92. The molecule has 5 nitrogen and oxygen atoms in total. The van der Waals surface area contributed by atoms with Gasteiger partial charge in [0.2, 0.25) is 0 Å². The second kappa shape index (κ2) is 11.2. The summed E-state index contributed by atoms with van der Waals surface area (Å²) in [6.45, 7) is 4.56. The first-order chi connectivity index (χ1) is 13.7. The van der Waals surface area contributed by atoms with Crippen molar-refractivity contribution in [3.8, 4) is 5.69 Å². The topological polar surface area (TPSA) is 59.0 Å². The predicted octanol–water partition coefficient (Wildman–Crippen LogP) is 4.11. The normalized spacial score (nSPS) is 15.2. The van der Waals surface area contributed by atoms with E-state index in [0.717, 1.165) is 47.7 Å². The summed E-state index contributed by atoms with van der Waals surface area (Å²) >= 11 is 0. The summed E-state index contributed by atoms with van der Waals surface area (Å²) < 4.78 is 2.04. The van der Waals surface area contributed by atoms with Gasteiger partial charge in [-0.05, 0) is 62.0 Å². The molecule has 1 amide bonds. The van der Waals surface area contributed by atoms with E-state index in [1.165, 1.54) is 6.42 Å². The van der Waals surface area contributed by atoms with Crippen LogP contribution in [0.4, 0.5) is 0 Å². The van der Waals surface area contributed by atoms with Gasteiger partial charge in [0.1, 0.15) is 5.82 Å². The van der Waals surface area contributed by atoms with E-state index >= 15 is 0 Å². The lowest BCUT2D eigenvalue weighted by Gasteiger charge is -2.15. The van der Waals surface area contributed by atoms with Gasteiger partial charge in [0, 0.05) is 24.5 Å². The SMILES string of the molecule is Cc1nccn1-c1ccccc1CNC(=O)c1ccccc1CC1CCNC1.Cl.Cl. The molecule has 7 heteroatoms. The fourth-order valence-electron chi connectivity index (χ4n) is 3.92. The molecule has 0 saturated carbocycles. The molecule has 1 saturated heterocycles. The highest BCUT2D eigenvalue weighted by molar-refractivity contribution is 5.95. The molecule has 2 aromatic carbocycles. The minimum Gasteiger partial charge on any atom is -0.348 e. The first-order valence-corrected chi connectivity index (χ1v) is 9.87. The summed E-state index contributed by atoms with van der Waals surface area (Å²) in [4.78, 5) is 17.2. The molecule has 0 aliphatic carbocycles. The first-order valence-electron chi connectivity index (χ1n) is 9.87. The van der Waals surface area contributed by atoms with Crippen LogP contribution in [0.1, 0.15) is 33.7 Å². The molecule has 0 radical (unpaired) electrons. The minimum atomic E-state index is -0.0151. The second-order valence-electron chi connectivity index (χ2n) is 7.38. The molecule has 0 bridgehead atoms. The number of aromatic nitrogens is 2. The van der Waals surface area contributed by atoms with Crippen LogP contribution >= 0.6 is 24.8 Å². The Morgan fingerprint density at radius 1 is 1.13 bits per heavy atom. The summed E-state index contributed by atoms with van der Waals surface area (Å²) in [6.07, 6.45) is 5.86. The van der Waals surface area contributed by atoms with Crippen molar-refractivity contribution in [1.82, 2.24) is 20.2 Å². The third-order valence-corrected chi connectivity index (χ3v) is 5.45. The van der Waals surface area contributed by atoms with E-state index < -0.39 is 0 Å². The van der Waals surface area contributed by atoms with Crippen LogP contribution in [0.2, 0.25) is 0 Å². The third kappa shape index (κ3) is 5.42. The van der Waals surface area contributed by atoms with Crippen LogP contribution < -0.4 is 10.6 Å². The Kier molecular flexibility index (Phi) is 8.90. The summed E-state index contributed by atoms with van der Waals surface area (Å²) in [6, 6.07) is 16.1. The van der Waals surface area contributed by atoms with Crippen LogP contribution in [0, 0.1) is 12.8 Å². The number of amides is 1. The summed E-state index contributed by atoms with van der Waals surface area (Å²) in [5.41, 5.74) is 4.02. The molecular formula is C23H28Cl2N4O. The van der Waals surface area contributed by atoms with Gasteiger partial charge >= 0.3 is 0 Å². The number of aryl methyl sites for hydroxylation is 1. The van der Waals surface area contributed by atoms with E-state index in [-0.39, 0.29) is 30.7 Å². The lowest BCUT2D eigenvalue weighted by atomic mass is 9.94. The average molecular weight is 447 g/mol. The molecule has 30 heavy (non-hydrogen) atoms. The van der Waals surface area contributed by atoms with E-state index in [4.69, 9.17) is 0 Å². The molecule has 4 rings (SSSR count). The van der Waals surface area contributed by atoms with E-state index in [1.54, 1.807) is 6.20 Å². The number of benzene rings is 2. The van der Waals surface area contributed by atoms with Crippen molar-refractivity contribution in [2.45, 2.75) is 26.3 Å². The Balaban J connectivity index is 0.00000160. The maximum atomic E-state index is 12.9. The molecule has 1 fully saturated rings. The van der Waals surface area contributed by atoms with Crippen LogP contribution in [0.15, 0.2) is 60.9 Å². The highest BCUT2D eigenvalue weighted by Gasteiger charge is 2.18. The van der Waals surface area contributed by atoms with Gasteiger partial charge in [-0.15, -0.1) is 24.8 Å². The van der Waals surface area contributed by atoms with Crippen molar-refractivity contribution in [2.24, 2.45) is 5.92 Å². The number of hydrogen-bond donors (Lipinski definition) is 2. The number of carbonyl (C=O) groups excluding carboxylic acids is 1. The van der Waals surface area contributed by atoms with Crippen LogP contribution in [-0.2, 0) is 13.0 Å². The molecule has 1 aliphatic heterocycles. The maximum absolute atomic E-state index is 12.9. The van der Waals surface area contributed by atoms with Crippen molar-refractivity contribution >= 4 is 30.7 Å². The third-order valence-electron chi connectivity index (χ3n) is 5.45.